The van der Waals surface area contributed by atoms with Crippen LogP contribution in [0.4, 0.5) is 18.9 Å². The summed E-state index contributed by atoms with van der Waals surface area (Å²) in [5, 5.41) is 8.78. The van der Waals surface area contributed by atoms with Crippen LogP contribution in [0.25, 0.3) is 10.2 Å². The Hall–Kier alpha value is -1.83. The number of carboxylic acid groups (broad SMARTS) is 1. The molecule has 2 aromatic heterocycles. The van der Waals surface area contributed by atoms with Crippen molar-refractivity contribution < 1.29 is 23.1 Å². The van der Waals surface area contributed by atoms with Crippen LogP contribution in [0.1, 0.15) is 15.2 Å². The fraction of sp³-hybridized carbons (Fsp3) is 0.111. The molecule has 0 aliphatic carbocycles. The van der Waals surface area contributed by atoms with Gasteiger partial charge < -0.3 is 10.8 Å². The standard InChI is InChI=1S/C9H5F3N2O2S/c10-9(11,12)3-1-4-6(14-2-3)5(13)7(17-4)8(15)16/h1-2H,13H2,(H,15,16). The third-order valence-corrected chi connectivity index (χ3v) is 3.22. The highest BCUT2D eigenvalue weighted by atomic mass is 32.1. The highest BCUT2D eigenvalue weighted by Gasteiger charge is 2.31. The fourth-order valence-corrected chi connectivity index (χ4v) is 2.27. The monoisotopic (exact) mass is 262 g/mol. The molecule has 0 atom stereocenters. The number of aromatic carboxylic acids is 1. The molecule has 0 aliphatic heterocycles. The number of nitrogens with zero attached hydrogens (tertiary/aromatic N) is 1. The molecule has 0 fully saturated rings. The van der Waals surface area contributed by atoms with Crippen LogP contribution in [0, 0.1) is 0 Å². The number of carbonyl (C=O) groups is 1. The van der Waals surface area contributed by atoms with Crippen LogP contribution in [-0.2, 0) is 6.18 Å². The van der Waals surface area contributed by atoms with Gasteiger partial charge in [0, 0.05) is 6.20 Å². The number of thiophene rings is 1. The van der Waals surface area contributed by atoms with E-state index >= 15 is 0 Å². The summed E-state index contributed by atoms with van der Waals surface area (Å²) in [7, 11) is 0. The number of anilines is 1. The molecule has 0 saturated heterocycles. The Labute approximate surface area is 96.5 Å². The van der Waals surface area contributed by atoms with Crippen molar-refractivity contribution in [1.82, 2.24) is 4.98 Å². The van der Waals surface area contributed by atoms with E-state index in [1.165, 1.54) is 0 Å². The minimum absolute atomic E-state index is 0.0837. The average molecular weight is 262 g/mol. The zero-order chi connectivity index (χ0) is 12.8. The first-order valence-electron chi connectivity index (χ1n) is 4.29. The lowest BCUT2D eigenvalue weighted by molar-refractivity contribution is -0.137. The van der Waals surface area contributed by atoms with Gasteiger partial charge in [0.1, 0.15) is 10.4 Å². The van der Waals surface area contributed by atoms with E-state index in [0.29, 0.717) is 17.5 Å². The number of nitrogen functional groups attached to an aromatic ring is 1. The zero-order valence-electron chi connectivity index (χ0n) is 8.08. The van der Waals surface area contributed by atoms with E-state index in [2.05, 4.69) is 4.98 Å². The number of halogens is 3. The van der Waals surface area contributed by atoms with Gasteiger partial charge in [-0.2, -0.15) is 13.2 Å². The SMILES string of the molecule is Nc1c(C(=O)O)sc2cc(C(F)(F)F)cnc12. The highest BCUT2D eigenvalue weighted by molar-refractivity contribution is 7.21. The maximum Gasteiger partial charge on any atom is 0.417 e. The summed E-state index contributed by atoms with van der Waals surface area (Å²) in [4.78, 5) is 14.1. The number of rotatable bonds is 1. The number of nitrogens with two attached hydrogens (primary N) is 1. The van der Waals surface area contributed by atoms with Gasteiger partial charge >= 0.3 is 12.1 Å². The Morgan fingerprint density at radius 1 is 1.47 bits per heavy atom. The van der Waals surface area contributed by atoms with E-state index in [4.69, 9.17) is 10.8 Å². The average Bonchev–Trinajstić information content (AvgIpc) is 2.54. The first-order chi connectivity index (χ1) is 7.80. The number of pyridine rings is 1. The van der Waals surface area contributed by atoms with Crippen molar-refractivity contribution in [1.29, 1.82) is 0 Å². The maximum absolute atomic E-state index is 12.4. The molecule has 2 rings (SSSR count). The molecule has 2 heterocycles. The predicted molar refractivity (Wildman–Crippen MR) is 56.0 cm³/mol. The lowest BCUT2D eigenvalue weighted by atomic mass is 10.2. The van der Waals surface area contributed by atoms with Gasteiger partial charge in [0.25, 0.3) is 0 Å². The summed E-state index contributed by atoms with van der Waals surface area (Å²) in [6, 6.07) is 0.843. The van der Waals surface area contributed by atoms with Crippen LogP contribution >= 0.6 is 11.3 Å². The molecule has 8 heteroatoms. The molecule has 4 nitrogen and oxygen atoms in total. The molecule has 0 bridgehead atoms. The van der Waals surface area contributed by atoms with Crippen LogP contribution in [0.2, 0.25) is 0 Å². The van der Waals surface area contributed by atoms with E-state index in [1.54, 1.807) is 0 Å². The van der Waals surface area contributed by atoms with Gasteiger partial charge in [0.2, 0.25) is 0 Å². The third-order valence-electron chi connectivity index (χ3n) is 2.09. The highest BCUT2D eigenvalue weighted by Crippen LogP contribution is 2.36. The predicted octanol–water partition coefficient (Wildman–Crippen LogP) is 2.60. The number of alkyl halides is 3. The Morgan fingerprint density at radius 2 is 2.12 bits per heavy atom. The molecule has 90 valence electrons. The largest absolute Gasteiger partial charge is 0.477 e. The van der Waals surface area contributed by atoms with Crippen molar-refractivity contribution in [3.05, 3.63) is 22.7 Å². The zero-order valence-corrected chi connectivity index (χ0v) is 8.89. The van der Waals surface area contributed by atoms with Gasteiger partial charge in [-0.15, -0.1) is 11.3 Å². The lowest BCUT2D eigenvalue weighted by Gasteiger charge is -2.04. The number of fused-ring (bicyclic) bond motifs is 1. The van der Waals surface area contributed by atoms with Crippen molar-refractivity contribution in [3.8, 4) is 0 Å². The summed E-state index contributed by atoms with van der Waals surface area (Å²) >= 11 is 0.675. The van der Waals surface area contributed by atoms with Crippen LogP contribution in [0.3, 0.4) is 0 Å². The first-order valence-corrected chi connectivity index (χ1v) is 5.11. The number of hydrogen-bond donors (Lipinski definition) is 2. The fourth-order valence-electron chi connectivity index (χ4n) is 1.31. The molecular weight excluding hydrogens is 257 g/mol. The van der Waals surface area contributed by atoms with Crippen molar-refractivity contribution in [2.24, 2.45) is 0 Å². The normalized spacial score (nSPS) is 11.9. The molecule has 0 amide bonds. The Balaban J connectivity index is 2.68. The van der Waals surface area contributed by atoms with Gasteiger partial charge in [0.05, 0.1) is 16.0 Å². The van der Waals surface area contributed by atoms with Crippen LogP contribution in [-0.4, -0.2) is 16.1 Å². The summed E-state index contributed by atoms with van der Waals surface area (Å²) < 4.78 is 37.3. The van der Waals surface area contributed by atoms with Crippen LogP contribution in [0.5, 0.6) is 0 Å². The molecule has 0 unspecified atom stereocenters. The molecule has 3 N–H and O–H groups in total. The van der Waals surface area contributed by atoms with Gasteiger partial charge in [-0.1, -0.05) is 0 Å². The molecule has 2 aromatic rings. The minimum atomic E-state index is -4.51. The maximum atomic E-state index is 12.4. The van der Waals surface area contributed by atoms with Gasteiger partial charge in [-0.3, -0.25) is 4.98 Å². The Bertz CT molecular complexity index is 606. The molecular formula is C9H5F3N2O2S. The van der Waals surface area contributed by atoms with Crippen LogP contribution < -0.4 is 5.73 Å². The third kappa shape index (κ3) is 1.91. The summed E-state index contributed by atoms with van der Waals surface area (Å²) in [6.07, 6.45) is -3.87. The van der Waals surface area contributed by atoms with Crippen LogP contribution in [0.15, 0.2) is 12.3 Å². The van der Waals surface area contributed by atoms with Gasteiger partial charge in [0.15, 0.2) is 0 Å². The molecule has 0 aromatic carbocycles. The minimum Gasteiger partial charge on any atom is -0.477 e. The first kappa shape index (κ1) is 11.6. The topological polar surface area (TPSA) is 76.2 Å². The van der Waals surface area contributed by atoms with Gasteiger partial charge in [-0.05, 0) is 6.07 Å². The van der Waals surface area contributed by atoms with E-state index in [1.807, 2.05) is 0 Å². The Kier molecular flexibility index (Phi) is 2.46. The van der Waals surface area contributed by atoms with E-state index in [0.717, 1.165) is 6.07 Å². The molecule has 0 aliphatic rings. The van der Waals surface area contributed by atoms with E-state index in [9.17, 15) is 18.0 Å². The summed E-state index contributed by atoms with van der Waals surface area (Å²) in [5.41, 5.74) is 4.54. The van der Waals surface area contributed by atoms with Gasteiger partial charge in [-0.25, -0.2) is 4.79 Å². The second-order valence-electron chi connectivity index (χ2n) is 3.22. The van der Waals surface area contributed by atoms with Crippen molar-refractivity contribution >= 4 is 33.2 Å². The lowest BCUT2D eigenvalue weighted by Crippen LogP contribution is -2.05. The quantitative estimate of drug-likeness (QED) is 0.828. The second kappa shape index (κ2) is 3.59. The molecule has 0 saturated carbocycles. The smallest absolute Gasteiger partial charge is 0.417 e. The summed E-state index contributed by atoms with van der Waals surface area (Å²) in [5.74, 6) is -1.28. The van der Waals surface area contributed by atoms with Crippen molar-refractivity contribution in [2.75, 3.05) is 5.73 Å². The van der Waals surface area contributed by atoms with Crippen molar-refractivity contribution in [3.63, 3.8) is 0 Å². The Morgan fingerprint density at radius 3 is 2.65 bits per heavy atom. The summed E-state index contributed by atoms with van der Waals surface area (Å²) in [6.45, 7) is 0. The van der Waals surface area contributed by atoms with E-state index < -0.39 is 17.7 Å². The molecule has 0 radical (unpaired) electrons. The number of carboxylic acids is 1. The molecule has 17 heavy (non-hydrogen) atoms. The van der Waals surface area contributed by atoms with Crippen molar-refractivity contribution in [2.45, 2.75) is 6.18 Å². The number of aromatic nitrogens is 1. The second-order valence-corrected chi connectivity index (χ2v) is 4.27. The van der Waals surface area contributed by atoms with E-state index in [-0.39, 0.29) is 20.8 Å². The molecule has 0 spiro atoms. The number of hydrogen-bond acceptors (Lipinski definition) is 4.